The van der Waals surface area contributed by atoms with Crippen LogP contribution in [0.15, 0.2) is 0 Å². The Bertz CT molecular complexity index is 470. The Balaban J connectivity index is 2.12. The molecule has 1 aliphatic heterocycles. The molecule has 2 rings (SSSR count). The quantitative estimate of drug-likeness (QED) is 0.478. The average Bonchev–Trinajstić information content (AvgIpc) is 2.35. The molecule has 0 atom stereocenters. The highest BCUT2D eigenvalue weighted by Gasteiger charge is 2.25. The van der Waals surface area contributed by atoms with Crippen molar-refractivity contribution in [2.45, 2.75) is 13.0 Å². The van der Waals surface area contributed by atoms with Crippen LogP contribution >= 0.6 is 34.8 Å². The number of rotatable bonds is 2. The third-order valence-corrected chi connectivity index (χ3v) is 3.18. The number of ether oxygens (including phenoxy) is 1. The summed E-state index contributed by atoms with van der Waals surface area (Å²) in [5.74, 6) is 0.273. The highest BCUT2D eigenvalue weighted by Crippen LogP contribution is 2.25. The van der Waals surface area contributed by atoms with Gasteiger partial charge in [0.25, 0.3) is 0 Å². The molecule has 0 saturated carbocycles. The number of halogens is 3. The lowest BCUT2D eigenvalue weighted by atomic mass is 10.1. The zero-order chi connectivity index (χ0) is 13.1. The number of nitrogens with zero attached hydrogens (tertiary/aromatic N) is 3. The molecule has 5 nitrogen and oxygen atoms in total. The van der Waals surface area contributed by atoms with E-state index in [0.717, 1.165) is 11.3 Å². The Morgan fingerprint density at radius 3 is 2.89 bits per heavy atom. The summed E-state index contributed by atoms with van der Waals surface area (Å²) in [6.45, 7) is 1.03. The number of carbonyl (C=O) groups is 1. The normalized spacial score (nSPS) is 14.3. The maximum atomic E-state index is 11.7. The van der Waals surface area contributed by atoms with Gasteiger partial charge in [-0.1, -0.05) is 11.6 Å². The summed E-state index contributed by atoms with van der Waals surface area (Å²) in [5.41, 5.74) is 1.50. The molecule has 0 bridgehead atoms. The topological polar surface area (TPSA) is 55.3 Å². The second-order valence-corrected chi connectivity index (χ2v) is 4.76. The number of amides is 1. The molecule has 1 aliphatic rings. The molecule has 18 heavy (non-hydrogen) atoms. The SMILES string of the molecule is O=C(OCCCl)N1CCc2nc(Cl)nc(Cl)c2C1. The first-order chi connectivity index (χ1) is 8.61. The van der Waals surface area contributed by atoms with Crippen molar-refractivity contribution in [3.05, 3.63) is 21.7 Å². The molecule has 0 aliphatic carbocycles. The second-order valence-electron chi connectivity index (χ2n) is 3.68. The van der Waals surface area contributed by atoms with Crippen molar-refractivity contribution in [2.75, 3.05) is 19.0 Å². The largest absolute Gasteiger partial charge is 0.448 e. The first kappa shape index (κ1) is 13.6. The summed E-state index contributed by atoms with van der Waals surface area (Å²) in [6.07, 6.45) is 0.167. The predicted octanol–water partition coefficient (Wildman–Crippen LogP) is 2.52. The van der Waals surface area contributed by atoms with Crippen LogP contribution in [0.2, 0.25) is 10.4 Å². The van der Waals surface area contributed by atoms with E-state index in [-0.39, 0.29) is 22.9 Å². The van der Waals surface area contributed by atoms with Crippen LogP contribution in [0, 0.1) is 0 Å². The zero-order valence-electron chi connectivity index (χ0n) is 9.33. The van der Waals surface area contributed by atoms with Gasteiger partial charge in [-0.15, -0.1) is 11.6 Å². The van der Waals surface area contributed by atoms with Gasteiger partial charge in [-0.3, -0.25) is 0 Å². The van der Waals surface area contributed by atoms with Gasteiger partial charge >= 0.3 is 6.09 Å². The van der Waals surface area contributed by atoms with E-state index in [4.69, 9.17) is 39.5 Å². The van der Waals surface area contributed by atoms with Gasteiger partial charge in [0.1, 0.15) is 11.8 Å². The number of hydrogen-bond donors (Lipinski definition) is 0. The van der Waals surface area contributed by atoms with Gasteiger partial charge in [0.05, 0.1) is 18.1 Å². The molecule has 1 aromatic rings. The van der Waals surface area contributed by atoms with E-state index in [2.05, 4.69) is 9.97 Å². The van der Waals surface area contributed by atoms with Crippen molar-refractivity contribution in [1.29, 1.82) is 0 Å². The summed E-state index contributed by atoms with van der Waals surface area (Å²) in [5, 5.41) is 0.400. The molecular weight excluding hydrogens is 300 g/mol. The molecule has 0 aromatic carbocycles. The van der Waals surface area contributed by atoms with Crippen molar-refractivity contribution >= 4 is 40.9 Å². The van der Waals surface area contributed by atoms with Gasteiger partial charge < -0.3 is 9.64 Å². The summed E-state index contributed by atoms with van der Waals surface area (Å²) >= 11 is 17.2. The molecule has 0 N–H and O–H groups in total. The maximum absolute atomic E-state index is 11.7. The van der Waals surface area contributed by atoms with Gasteiger partial charge in [-0.2, -0.15) is 0 Å². The van der Waals surface area contributed by atoms with Crippen molar-refractivity contribution < 1.29 is 9.53 Å². The van der Waals surface area contributed by atoms with Crippen LogP contribution < -0.4 is 0 Å². The van der Waals surface area contributed by atoms with Crippen molar-refractivity contribution in [2.24, 2.45) is 0 Å². The lowest BCUT2D eigenvalue weighted by Crippen LogP contribution is -2.37. The average molecular weight is 311 g/mol. The summed E-state index contributed by atoms with van der Waals surface area (Å²) in [4.78, 5) is 21.2. The monoisotopic (exact) mass is 309 g/mol. The molecule has 0 unspecified atom stereocenters. The summed E-state index contributed by atoms with van der Waals surface area (Å²) in [7, 11) is 0. The van der Waals surface area contributed by atoms with Crippen LogP contribution in [0.4, 0.5) is 4.79 Å². The van der Waals surface area contributed by atoms with E-state index < -0.39 is 6.09 Å². The molecule has 8 heteroatoms. The molecule has 0 spiro atoms. The molecular formula is C10H10Cl3N3O2. The Kier molecular flexibility index (Phi) is 4.48. The number of aromatic nitrogens is 2. The maximum Gasteiger partial charge on any atom is 0.410 e. The van der Waals surface area contributed by atoms with E-state index in [9.17, 15) is 4.79 Å². The zero-order valence-corrected chi connectivity index (χ0v) is 11.6. The smallest absolute Gasteiger partial charge is 0.410 e. The van der Waals surface area contributed by atoms with E-state index in [0.29, 0.717) is 19.5 Å². The fourth-order valence-corrected chi connectivity index (χ4v) is 2.27. The molecule has 0 fully saturated rings. The number of fused-ring (bicyclic) bond motifs is 1. The van der Waals surface area contributed by atoms with Gasteiger partial charge in [0.2, 0.25) is 5.28 Å². The van der Waals surface area contributed by atoms with E-state index >= 15 is 0 Å². The van der Waals surface area contributed by atoms with Gasteiger partial charge in [0.15, 0.2) is 0 Å². The number of hydrogen-bond acceptors (Lipinski definition) is 4. The number of alkyl halides is 1. The molecule has 2 heterocycles. The van der Waals surface area contributed by atoms with Crippen LogP contribution in [-0.4, -0.2) is 40.0 Å². The minimum atomic E-state index is -0.410. The fraction of sp³-hybridized carbons (Fsp3) is 0.500. The molecule has 1 amide bonds. The van der Waals surface area contributed by atoms with Crippen molar-refractivity contribution in [1.82, 2.24) is 14.9 Å². The van der Waals surface area contributed by atoms with E-state index in [1.807, 2.05) is 0 Å². The van der Waals surface area contributed by atoms with Crippen LogP contribution in [0.1, 0.15) is 11.3 Å². The van der Waals surface area contributed by atoms with Crippen LogP contribution in [0.3, 0.4) is 0 Å². The van der Waals surface area contributed by atoms with Crippen LogP contribution in [0.5, 0.6) is 0 Å². The Labute approximate surface area is 119 Å². The van der Waals surface area contributed by atoms with E-state index in [1.165, 1.54) is 4.90 Å². The lowest BCUT2D eigenvalue weighted by Gasteiger charge is -2.27. The van der Waals surface area contributed by atoms with Crippen molar-refractivity contribution in [3.63, 3.8) is 0 Å². The standard InChI is InChI=1S/C10H10Cl3N3O2/c11-2-4-18-10(17)16-3-1-7-6(5-16)8(12)15-9(13)14-7/h1-5H2. The Morgan fingerprint density at radius 2 is 2.17 bits per heavy atom. The van der Waals surface area contributed by atoms with Crippen LogP contribution in [0.25, 0.3) is 0 Å². The first-order valence-electron chi connectivity index (χ1n) is 5.30. The Hall–Kier alpha value is -0.780. The molecule has 98 valence electrons. The fourth-order valence-electron chi connectivity index (χ4n) is 1.72. The minimum Gasteiger partial charge on any atom is -0.448 e. The van der Waals surface area contributed by atoms with Gasteiger partial charge in [0, 0.05) is 18.5 Å². The number of carbonyl (C=O) groups excluding carboxylic acids is 1. The first-order valence-corrected chi connectivity index (χ1v) is 6.59. The van der Waals surface area contributed by atoms with E-state index in [1.54, 1.807) is 0 Å². The molecule has 0 radical (unpaired) electrons. The lowest BCUT2D eigenvalue weighted by molar-refractivity contribution is 0.103. The highest BCUT2D eigenvalue weighted by molar-refractivity contribution is 6.32. The van der Waals surface area contributed by atoms with Crippen molar-refractivity contribution in [3.8, 4) is 0 Å². The van der Waals surface area contributed by atoms with Gasteiger partial charge in [-0.05, 0) is 11.6 Å². The molecule has 0 saturated heterocycles. The minimum absolute atomic E-state index is 0.122. The molecule has 1 aromatic heterocycles. The predicted molar refractivity (Wildman–Crippen MR) is 68.2 cm³/mol. The summed E-state index contributed by atoms with van der Waals surface area (Å²) < 4.78 is 4.95. The Morgan fingerprint density at radius 1 is 1.39 bits per heavy atom. The van der Waals surface area contributed by atoms with Crippen LogP contribution in [-0.2, 0) is 17.7 Å². The second kappa shape index (κ2) is 5.91. The highest BCUT2D eigenvalue weighted by atomic mass is 35.5. The summed E-state index contributed by atoms with van der Waals surface area (Å²) in [6, 6.07) is 0. The third kappa shape index (κ3) is 2.96. The third-order valence-electron chi connectivity index (χ3n) is 2.54. The van der Waals surface area contributed by atoms with Gasteiger partial charge in [-0.25, -0.2) is 14.8 Å².